The average molecular weight is 356 g/mol. The number of esters is 1. The van der Waals surface area contributed by atoms with Gasteiger partial charge in [-0.15, -0.1) is 11.3 Å². The van der Waals surface area contributed by atoms with Crippen molar-refractivity contribution in [2.24, 2.45) is 5.92 Å². The highest BCUT2D eigenvalue weighted by atomic mass is 32.1. The van der Waals surface area contributed by atoms with E-state index in [0.29, 0.717) is 9.58 Å². The number of fused-ring (bicyclic) bond motifs is 1. The SMILES string of the molecule is COCOc1cc2sc(C(=O)C[C@H](C)C(=O)OC)cc2c(F)c1O. The Morgan fingerprint density at radius 1 is 1.33 bits per heavy atom. The normalized spacial score (nSPS) is 12.2. The van der Waals surface area contributed by atoms with Crippen LogP contribution in [0.3, 0.4) is 0 Å². The molecule has 130 valence electrons. The summed E-state index contributed by atoms with van der Waals surface area (Å²) < 4.78 is 29.1. The molecule has 0 unspecified atom stereocenters. The Hall–Kier alpha value is -2.19. The fourth-order valence-electron chi connectivity index (χ4n) is 2.14. The molecular formula is C16H17FO6S. The van der Waals surface area contributed by atoms with Crippen molar-refractivity contribution in [3.63, 3.8) is 0 Å². The molecule has 6 nitrogen and oxygen atoms in total. The van der Waals surface area contributed by atoms with Crippen LogP contribution in [0.1, 0.15) is 23.0 Å². The first-order valence-electron chi connectivity index (χ1n) is 7.06. The summed E-state index contributed by atoms with van der Waals surface area (Å²) in [6, 6.07) is 2.80. The molecule has 0 amide bonds. The smallest absolute Gasteiger partial charge is 0.308 e. The van der Waals surface area contributed by atoms with Crippen molar-refractivity contribution in [2.45, 2.75) is 13.3 Å². The zero-order valence-corrected chi connectivity index (χ0v) is 14.2. The fourth-order valence-corrected chi connectivity index (χ4v) is 3.18. The second-order valence-corrected chi connectivity index (χ2v) is 6.25. The molecule has 0 spiro atoms. The molecule has 1 N–H and O–H groups in total. The number of phenolic OH excluding ortho intramolecular Hbond substituents is 1. The number of aromatic hydroxyl groups is 1. The summed E-state index contributed by atoms with van der Waals surface area (Å²) in [7, 11) is 2.65. The molecule has 24 heavy (non-hydrogen) atoms. The Morgan fingerprint density at radius 2 is 2.04 bits per heavy atom. The Balaban J connectivity index is 2.32. The third-order valence-corrected chi connectivity index (χ3v) is 4.53. The van der Waals surface area contributed by atoms with Gasteiger partial charge < -0.3 is 19.3 Å². The highest BCUT2D eigenvalue weighted by Gasteiger charge is 2.22. The van der Waals surface area contributed by atoms with E-state index in [4.69, 9.17) is 9.47 Å². The molecule has 0 aliphatic heterocycles. The third kappa shape index (κ3) is 3.65. The number of hydrogen-bond donors (Lipinski definition) is 1. The maximum atomic E-state index is 14.3. The van der Waals surface area contributed by atoms with Gasteiger partial charge >= 0.3 is 5.97 Å². The molecule has 1 heterocycles. The summed E-state index contributed by atoms with van der Waals surface area (Å²) in [6.07, 6.45) is -0.0415. The Labute approximate surface area is 141 Å². The first kappa shape index (κ1) is 18.2. The van der Waals surface area contributed by atoms with Crippen molar-refractivity contribution in [3.05, 3.63) is 22.8 Å². The van der Waals surface area contributed by atoms with Crippen molar-refractivity contribution in [1.82, 2.24) is 0 Å². The molecule has 0 aliphatic carbocycles. The molecule has 1 atom stereocenters. The van der Waals surface area contributed by atoms with Crippen molar-refractivity contribution in [3.8, 4) is 11.5 Å². The first-order chi connectivity index (χ1) is 11.4. The lowest BCUT2D eigenvalue weighted by molar-refractivity contribution is -0.144. The Bertz CT molecular complexity index is 770. The minimum absolute atomic E-state index is 0.0415. The zero-order chi connectivity index (χ0) is 17.9. The summed E-state index contributed by atoms with van der Waals surface area (Å²) in [5.41, 5.74) is 0. The first-order valence-corrected chi connectivity index (χ1v) is 7.88. The van der Waals surface area contributed by atoms with Gasteiger partial charge in [0.1, 0.15) is 0 Å². The molecule has 8 heteroatoms. The molecule has 0 radical (unpaired) electrons. The van der Waals surface area contributed by atoms with Crippen LogP contribution in [-0.2, 0) is 14.3 Å². The maximum Gasteiger partial charge on any atom is 0.308 e. The van der Waals surface area contributed by atoms with Crippen molar-refractivity contribution in [2.75, 3.05) is 21.0 Å². The molecule has 2 rings (SSSR count). The van der Waals surface area contributed by atoms with Gasteiger partial charge in [-0.2, -0.15) is 0 Å². The number of rotatable bonds is 7. The lowest BCUT2D eigenvalue weighted by Gasteiger charge is -2.07. The van der Waals surface area contributed by atoms with Gasteiger partial charge in [-0.3, -0.25) is 9.59 Å². The van der Waals surface area contributed by atoms with Gasteiger partial charge in [-0.25, -0.2) is 4.39 Å². The number of methoxy groups -OCH3 is 2. The molecule has 0 fully saturated rings. The van der Waals surface area contributed by atoms with Gasteiger partial charge in [0.25, 0.3) is 0 Å². The van der Waals surface area contributed by atoms with Crippen LogP contribution in [0.25, 0.3) is 10.1 Å². The van der Waals surface area contributed by atoms with Gasteiger partial charge in [0, 0.05) is 29.7 Å². The van der Waals surface area contributed by atoms with Gasteiger partial charge in [0.05, 0.1) is 17.9 Å². The standard InChI is InChI=1S/C16H17FO6S/c1-8(16(20)22-3)4-10(18)13-5-9-12(24-13)6-11(23-7-21-2)15(19)14(9)17/h5-6,8,19H,4,7H2,1-3H3/t8-/m0/s1. The number of benzene rings is 1. The second kappa shape index (κ2) is 7.59. The largest absolute Gasteiger partial charge is 0.502 e. The summed E-state index contributed by atoms with van der Waals surface area (Å²) in [5, 5.41) is 9.94. The van der Waals surface area contributed by atoms with Crippen LogP contribution < -0.4 is 4.74 Å². The van der Waals surface area contributed by atoms with Crippen LogP contribution in [0.15, 0.2) is 12.1 Å². The minimum atomic E-state index is -0.866. The van der Waals surface area contributed by atoms with Crippen LogP contribution in [0, 0.1) is 11.7 Å². The Kier molecular flexibility index (Phi) is 5.74. The van der Waals surface area contributed by atoms with E-state index in [-0.39, 0.29) is 30.1 Å². The van der Waals surface area contributed by atoms with E-state index in [1.165, 1.54) is 26.4 Å². The van der Waals surface area contributed by atoms with Crippen molar-refractivity contribution >= 4 is 33.2 Å². The van der Waals surface area contributed by atoms with E-state index in [1.54, 1.807) is 6.92 Å². The highest BCUT2D eigenvalue weighted by Crippen LogP contribution is 2.39. The number of Topliss-reactive ketones (excluding diaryl/α,β-unsaturated/α-hetero) is 1. The lowest BCUT2D eigenvalue weighted by Crippen LogP contribution is -2.16. The van der Waals surface area contributed by atoms with Crippen LogP contribution in [0.4, 0.5) is 4.39 Å². The predicted molar refractivity (Wildman–Crippen MR) is 86.1 cm³/mol. The number of carbonyl (C=O) groups is 2. The van der Waals surface area contributed by atoms with E-state index in [0.717, 1.165) is 11.3 Å². The predicted octanol–water partition coefficient (Wildman–Crippen LogP) is 3.11. The molecule has 0 aliphatic rings. The molecule has 0 bridgehead atoms. The number of hydrogen-bond acceptors (Lipinski definition) is 7. The summed E-state index contributed by atoms with van der Waals surface area (Å²) in [4.78, 5) is 24.0. The molecule has 1 aromatic carbocycles. The number of thiophene rings is 1. The molecule has 1 aromatic heterocycles. The number of phenols is 1. The third-order valence-electron chi connectivity index (χ3n) is 3.40. The quantitative estimate of drug-likeness (QED) is 0.466. The van der Waals surface area contributed by atoms with Gasteiger partial charge in [-0.1, -0.05) is 6.92 Å². The zero-order valence-electron chi connectivity index (χ0n) is 13.4. The van der Waals surface area contributed by atoms with E-state index < -0.39 is 23.5 Å². The van der Waals surface area contributed by atoms with Crippen LogP contribution in [0.5, 0.6) is 11.5 Å². The second-order valence-electron chi connectivity index (χ2n) is 5.16. The van der Waals surface area contributed by atoms with E-state index in [9.17, 15) is 19.1 Å². The number of ether oxygens (including phenoxy) is 3. The van der Waals surface area contributed by atoms with Crippen molar-refractivity contribution < 1.29 is 33.3 Å². The van der Waals surface area contributed by atoms with Crippen LogP contribution in [-0.4, -0.2) is 37.9 Å². The van der Waals surface area contributed by atoms with E-state index in [2.05, 4.69) is 4.74 Å². The molecule has 0 saturated heterocycles. The monoisotopic (exact) mass is 356 g/mol. The number of ketones is 1. The minimum Gasteiger partial charge on any atom is -0.502 e. The number of carbonyl (C=O) groups excluding carboxylic acids is 2. The summed E-state index contributed by atoms with van der Waals surface area (Å²) >= 11 is 1.06. The highest BCUT2D eigenvalue weighted by molar-refractivity contribution is 7.20. The van der Waals surface area contributed by atoms with Gasteiger partial charge in [0.2, 0.25) is 0 Å². The average Bonchev–Trinajstić information content (AvgIpc) is 3.00. The topological polar surface area (TPSA) is 82.1 Å². The summed E-state index contributed by atoms with van der Waals surface area (Å²) in [6.45, 7) is 1.44. The maximum absolute atomic E-state index is 14.3. The fraction of sp³-hybridized carbons (Fsp3) is 0.375. The lowest BCUT2D eigenvalue weighted by atomic mass is 10.0. The van der Waals surface area contributed by atoms with E-state index in [1.807, 2.05) is 0 Å². The van der Waals surface area contributed by atoms with Crippen LogP contribution in [0.2, 0.25) is 0 Å². The summed E-state index contributed by atoms with van der Waals surface area (Å²) in [5.74, 6) is -2.94. The van der Waals surface area contributed by atoms with Gasteiger partial charge in [-0.05, 0) is 6.07 Å². The Morgan fingerprint density at radius 3 is 2.67 bits per heavy atom. The molecular weight excluding hydrogens is 339 g/mol. The van der Waals surface area contributed by atoms with E-state index >= 15 is 0 Å². The van der Waals surface area contributed by atoms with Crippen molar-refractivity contribution in [1.29, 1.82) is 0 Å². The molecule has 2 aromatic rings. The number of halogens is 1. The molecule has 0 saturated carbocycles. The van der Waals surface area contributed by atoms with Crippen LogP contribution >= 0.6 is 11.3 Å². The van der Waals surface area contributed by atoms with Gasteiger partial charge in [0.15, 0.2) is 29.9 Å².